The standard InChI is InChI=1S/C34H34O7/c35-28-30(41-34(37)27-19-11-4-12-20-27)29(36)32(39-22-25-15-7-2-8-16-25)33(40-23-26-17-9-3-10-18-26)31(28)38-21-24-13-5-1-6-14-24/h1-20,28-33,35-36H,21-23H2/t28-,29-,30?,31-,32+,33?/m0/s1. The van der Waals surface area contributed by atoms with Crippen molar-refractivity contribution in [1.82, 2.24) is 0 Å². The monoisotopic (exact) mass is 554 g/mol. The zero-order chi connectivity index (χ0) is 28.4. The number of aliphatic hydroxyl groups is 2. The number of benzene rings is 4. The largest absolute Gasteiger partial charge is 0.453 e. The van der Waals surface area contributed by atoms with Crippen molar-refractivity contribution in [1.29, 1.82) is 0 Å². The average Bonchev–Trinajstić information content (AvgIpc) is 3.03. The third-order valence-electron chi connectivity index (χ3n) is 7.10. The van der Waals surface area contributed by atoms with Crippen LogP contribution in [0.25, 0.3) is 0 Å². The molecule has 41 heavy (non-hydrogen) atoms. The first kappa shape index (κ1) is 28.7. The van der Waals surface area contributed by atoms with Crippen molar-refractivity contribution >= 4 is 5.97 Å². The molecule has 0 amide bonds. The number of carbonyl (C=O) groups is 1. The zero-order valence-corrected chi connectivity index (χ0v) is 22.6. The van der Waals surface area contributed by atoms with Crippen molar-refractivity contribution < 1.29 is 34.0 Å². The minimum atomic E-state index is -1.39. The van der Waals surface area contributed by atoms with Gasteiger partial charge in [0.25, 0.3) is 0 Å². The maximum absolute atomic E-state index is 13.0. The molecule has 6 atom stereocenters. The number of hydrogen-bond donors (Lipinski definition) is 2. The third-order valence-corrected chi connectivity index (χ3v) is 7.10. The van der Waals surface area contributed by atoms with E-state index in [2.05, 4.69) is 0 Å². The van der Waals surface area contributed by atoms with Crippen LogP contribution in [0.4, 0.5) is 0 Å². The van der Waals surface area contributed by atoms with Gasteiger partial charge in [-0.3, -0.25) is 0 Å². The highest BCUT2D eigenvalue weighted by molar-refractivity contribution is 5.89. The van der Waals surface area contributed by atoms with Crippen molar-refractivity contribution in [3.05, 3.63) is 144 Å². The first-order chi connectivity index (χ1) is 20.1. The van der Waals surface area contributed by atoms with Crippen LogP contribution in [0.1, 0.15) is 27.0 Å². The molecule has 4 aromatic rings. The smallest absolute Gasteiger partial charge is 0.338 e. The summed E-state index contributed by atoms with van der Waals surface area (Å²) in [5.74, 6) is -0.666. The summed E-state index contributed by atoms with van der Waals surface area (Å²) < 4.78 is 24.6. The number of ether oxygens (including phenoxy) is 4. The summed E-state index contributed by atoms with van der Waals surface area (Å²) in [7, 11) is 0. The van der Waals surface area contributed by atoms with Gasteiger partial charge in [-0.05, 0) is 28.8 Å². The average molecular weight is 555 g/mol. The molecule has 2 unspecified atom stereocenters. The minimum absolute atomic E-state index is 0.175. The molecule has 1 aliphatic rings. The fraction of sp³-hybridized carbons (Fsp3) is 0.265. The van der Waals surface area contributed by atoms with Gasteiger partial charge in [0.1, 0.15) is 30.5 Å². The van der Waals surface area contributed by atoms with Gasteiger partial charge in [0, 0.05) is 0 Å². The van der Waals surface area contributed by atoms with E-state index in [1.54, 1.807) is 30.3 Å². The molecule has 0 radical (unpaired) electrons. The number of aliphatic hydroxyl groups excluding tert-OH is 2. The van der Waals surface area contributed by atoms with Crippen LogP contribution in [0.2, 0.25) is 0 Å². The maximum atomic E-state index is 13.0. The Morgan fingerprint density at radius 1 is 0.488 bits per heavy atom. The molecule has 0 bridgehead atoms. The highest BCUT2D eigenvalue weighted by Crippen LogP contribution is 2.32. The molecule has 0 spiro atoms. The molecule has 7 nitrogen and oxygen atoms in total. The van der Waals surface area contributed by atoms with Gasteiger partial charge < -0.3 is 29.2 Å². The molecule has 4 aromatic carbocycles. The van der Waals surface area contributed by atoms with E-state index in [-0.39, 0.29) is 19.8 Å². The Labute approximate surface area is 239 Å². The Hall–Kier alpha value is -3.85. The Bertz CT molecular complexity index is 1280. The molecule has 7 heteroatoms. The molecule has 5 rings (SSSR count). The Balaban J connectivity index is 1.44. The van der Waals surface area contributed by atoms with Crippen molar-refractivity contribution in [2.24, 2.45) is 0 Å². The topological polar surface area (TPSA) is 94.5 Å². The highest BCUT2D eigenvalue weighted by atomic mass is 16.6. The Kier molecular flexibility index (Phi) is 9.91. The van der Waals surface area contributed by atoms with Gasteiger partial charge in [-0.2, -0.15) is 0 Å². The van der Waals surface area contributed by atoms with Crippen molar-refractivity contribution in [3.63, 3.8) is 0 Å². The lowest BCUT2D eigenvalue weighted by atomic mass is 9.84. The second kappa shape index (κ2) is 14.2. The zero-order valence-electron chi connectivity index (χ0n) is 22.6. The number of carbonyl (C=O) groups excluding carboxylic acids is 1. The van der Waals surface area contributed by atoms with Crippen molar-refractivity contribution in [3.8, 4) is 0 Å². The molecular weight excluding hydrogens is 520 g/mol. The lowest BCUT2D eigenvalue weighted by molar-refractivity contribution is -0.262. The van der Waals surface area contributed by atoms with Crippen LogP contribution in [0.3, 0.4) is 0 Å². The molecule has 212 valence electrons. The molecule has 0 aromatic heterocycles. The normalized spacial score (nSPS) is 24.0. The van der Waals surface area contributed by atoms with Gasteiger partial charge in [0.2, 0.25) is 0 Å². The van der Waals surface area contributed by atoms with E-state index in [4.69, 9.17) is 18.9 Å². The molecule has 1 saturated carbocycles. The third kappa shape index (κ3) is 7.47. The van der Waals surface area contributed by atoms with Crippen LogP contribution in [0, 0.1) is 0 Å². The molecule has 0 heterocycles. The fourth-order valence-electron chi connectivity index (χ4n) is 4.93. The Morgan fingerprint density at radius 3 is 1.22 bits per heavy atom. The number of hydrogen-bond acceptors (Lipinski definition) is 7. The predicted octanol–water partition coefficient (Wildman–Crippen LogP) is 4.70. The van der Waals surface area contributed by atoms with E-state index >= 15 is 0 Å². The van der Waals surface area contributed by atoms with Gasteiger partial charge in [-0.15, -0.1) is 0 Å². The van der Waals surface area contributed by atoms with E-state index in [0.29, 0.717) is 5.56 Å². The molecular formula is C34H34O7. The molecule has 0 saturated heterocycles. The van der Waals surface area contributed by atoms with Crippen LogP contribution in [-0.4, -0.2) is 52.8 Å². The van der Waals surface area contributed by atoms with Crippen LogP contribution in [-0.2, 0) is 38.8 Å². The number of rotatable bonds is 11. The van der Waals surface area contributed by atoms with Crippen LogP contribution in [0.5, 0.6) is 0 Å². The lowest BCUT2D eigenvalue weighted by Gasteiger charge is -2.46. The summed E-state index contributed by atoms with van der Waals surface area (Å²) in [6.07, 6.45) is -6.93. The van der Waals surface area contributed by atoms with Crippen LogP contribution < -0.4 is 0 Å². The molecule has 1 fully saturated rings. The van der Waals surface area contributed by atoms with Crippen molar-refractivity contribution in [2.45, 2.75) is 56.4 Å². The van der Waals surface area contributed by atoms with E-state index in [1.165, 1.54) is 0 Å². The first-order valence-corrected chi connectivity index (χ1v) is 13.7. The second-order valence-corrected chi connectivity index (χ2v) is 10.0. The molecule has 2 N–H and O–H groups in total. The molecule has 0 aliphatic heterocycles. The maximum Gasteiger partial charge on any atom is 0.338 e. The fourth-order valence-corrected chi connectivity index (χ4v) is 4.93. The van der Waals surface area contributed by atoms with Gasteiger partial charge in [-0.1, -0.05) is 109 Å². The van der Waals surface area contributed by atoms with Crippen LogP contribution >= 0.6 is 0 Å². The van der Waals surface area contributed by atoms with E-state index in [1.807, 2.05) is 91.0 Å². The summed E-state index contributed by atoms with van der Waals surface area (Å²) in [6.45, 7) is 0.555. The lowest BCUT2D eigenvalue weighted by Crippen LogP contribution is -2.66. The summed E-state index contributed by atoms with van der Waals surface area (Å²) in [6, 6.07) is 37.1. The quantitative estimate of drug-likeness (QED) is 0.260. The predicted molar refractivity (Wildman–Crippen MR) is 153 cm³/mol. The minimum Gasteiger partial charge on any atom is -0.453 e. The summed E-state index contributed by atoms with van der Waals surface area (Å²) in [5.41, 5.74) is 3.01. The van der Waals surface area contributed by atoms with Crippen molar-refractivity contribution in [2.75, 3.05) is 0 Å². The van der Waals surface area contributed by atoms with E-state index in [9.17, 15) is 15.0 Å². The SMILES string of the molecule is O=C(OC1[C@H](O)[C@H](OCc2ccccc2)C(OCc2ccccc2)[C@H](OCc2ccccc2)[C@H]1O)c1ccccc1. The van der Waals surface area contributed by atoms with E-state index in [0.717, 1.165) is 16.7 Å². The first-order valence-electron chi connectivity index (χ1n) is 13.7. The summed E-state index contributed by atoms with van der Waals surface area (Å²) >= 11 is 0. The summed E-state index contributed by atoms with van der Waals surface area (Å²) in [5, 5.41) is 23.1. The highest BCUT2D eigenvalue weighted by Gasteiger charge is 2.54. The van der Waals surface area contributed by atoms with Gasteiger partial charge >= 0.3 is 5.97 Å². The summed E-state index contributed by atoms with van der Waals surface area (Å²) in [4.78, 5) is 13.0. The number of esters is 1. The second-order valence-electron chi connectivity index (χ2n) is 10.0. The van der Waals surface area contributed by atoms with Gasteiger partial charge in [0.15, 0.2) is 6.10 Å². The van der Waals surface area contributed by atoms with Crippen LogP contribution in [0.15, 0.2) is 121 Å². The Morgan fingerprint density at radius 2 is 0.829 bits per heavy atom. The molecule has 1 aliphatic carbocycles. The van der Waals surface area contributed by atoms with Gasteiger partial charge in [-0.25, -0.2) is 4.79 Å². The van der Waals surface area contributed by atoms with E-state index < -0.39 is 42.6 Å². The van der Waals surface area contributed by atoms with Gasteiger partial charge in [0.05, 0.1) is 25.4 Å².